The summed E-state index contributed by atoms with van der Waals surface area (Å²) in [6.45, 7) is 12.7. The van der Waals surface area contributed by atoms with Crippen molar-refractivity contribution in [1.29, 1.82) is 0 Å². The lowest BCUT2D eigenvalue weighted by Crippen LogP contribution is -2.37. The zero-order valence-electron chi connectivity index (χ0n) is 14.4. The minimum atomic E-state index is 0.853. The first-order valence-corrected chi connectivity index (χ1v) is 8.42. The van der Waals surface area contributed by atoms with Crippen LogP contribution in [0.25, 0.3) is 0 Å². The molecule has 118 valence electrons. The molecule has 0 saturated carbocycles. The van der Waals surface area contributed by atoms with Crippen LogP contribution in [0.1, 0.15) is 49.8 Å². The van der Waals surface area contributed by atoms with E-state index in [1.165, 1.54) is 49.0 Å². The van der Waals surface area contributed by atoms with E-state index >= 15 is 0 Å². The van der Waals surface area contributed by atoms with Crippen molar-refractivity contribution in [2.24, 2.45) is 11.8 Å². The van der Waals surface area contributed by atoms with Crippen LogP contribution in [0.15, 0.2) is 12.1 Å². The molecule has 2 rings (SSSR count). The van der Waals surface area contributed by atoms with Gasteiger partial charge >= 0.3 is 0 Å². The Hall–Kier alpha value is -1.02. The average Bonchev–Trinajstić information content (AvgIpc) is 2.51. The molecular formula is C19H31NO. The minimum absolute atomic E-state index is 0.853. The Morgan fingerprint density at radius 2 is 2.05 bits per heavy atom. The van der Waals surface area contributed by atoms with Gasteiger partial charge in [0, 0.05) is 13.1 Å². The van der Waals surface area contributed by atoms with Gasteiger partial charge in [0.15, 0.2) is 0 Å². The van der Waals surface area contributed by atoms with Crippen molar-refractivity contribution < 1.29 is 4.74 Å². The van der Waals surface area contributed by atoms with Gasteiger partial charge in [0.1, 0.15) is 5.75 Å². The van der Waals surface area contributed by atoms with Crippen LogP contribution in [0.2, 0.25) is 0 Å². The first-order chi connectivity index (χ1) is 10.1. The molecular weight excluding hydrogens is 258 g/mol. The monoisotopic (exact) mass is 289 g/mol. The highest BCUT2D eigenvalue weighted by Crippen LogP contribution is 2.29. The zero-order valence-corrected chi connectivity index (χ0v) is 14.4. The Labute approximate surface area is 130 Å². The van der Waals surface area contributed by atoms with E-state index in [9.17, 15) is 0 Å². The molecule has 0 amide bonds. The van der Waals surface area contributed by atoms with Crippen LogP contribution in [-0.4, -0.2) is 25.1 Å². The summed E-state index contributed by atoms with van der Waals surface area (Å²) in [5.41, 5.74) is 4.13. The number of ether oxygens (including phenoxy) is 1. The molecule has 2 nitrogen and oxygen atoms in total. The Kier molecular flexibility index (Phi) is 5.69. The molecule has 2 atom stereocenters. The van der Waals surface area contributed by atoms with Crippen molar-refractivity contribution in [3.63, 3.8) is 0 Å². The van der Waals surface area contributed by atoms with Crippen LogP contribution in [0.4, 0.5) is 0 Å². The maximum absolute atomic E-state index is 5.42. The van der Waals surface area contributed by atoms with Gasteiger partial charge in [-0.3, -0.25) is 4.90 Å². The summed E-state index contributed by atoms with van der Waals surface area (Å²) in [5, 5.41) is 0. The number of methoxy groups -OCH3 is 1. The minimum Gasteiger partial charge on any atom is -0.496 e. The molecule has 0 spiro atoms. The molecule has 2 heteroatoms. The number of piperidine rings is 1. The summed E-state index contributed by atoms with van der Waals surface area (Å²) in [7, 11) is 1.75. The van der Waals surface area contributed by atoms with Crippen molar-refractivity contribution in [1.82, 2.24) is 4.90 Å². The van der Waals surface area contributed by atoms with Crippen molar-refractivity contribution in [3.8, 4) is 5.75 Å². The third-order valence-electron chi connectivity index (χ3n) is 5.45. The Morgan fingerprint density at radius 3 is 2.71 bits per heavy atom. The quantitative estimate of drug-likeness (QED) is 0.787. The van der Waals surface area contributed by atoms with Crippen LogP contribution >= 0.6 is 0 Å². The fourth-order valence-corrected chi connectivity index (χ4v) is 3.52. The van der Waals surface area contributed by atoms with Gasteiger partial charge in [-0.1, -0.05) is 26.3 Å². The molecule has 1 fully saturated rings. The Morgan fingerprint density at radius 1 is 1.29 bits per heavy atom. The second-order valence-electron chi connectivity index (χ2n) is 6.70. The van der Waals surface area contributed by atoms with Crippen LogP contribution < -0.4 is 4.74 Å². The summed E-state index contributed by atoms with van der Waals surface area (Å²) < 4.78 is 5.42. The number of nitrogens with zero attached hydrogens (tertiary/aromatic N) is 1. The number of hydrogen-bond donors (Lipinski definition) is 0. The highest BCUT2D eigenvalue weighted by molar-refractivity contribution is 5.43. The Bertz CT molecular complexity index is 469. The molecule has 0 N–H and O–H groups in total. The molecule has 0 radical (unpaired) electrons. The van der Waals surface area contributed by atoms with E-state index in [-0.39, 0.29) is 0 Å². The summed E-state index contributed by atoms with van der Waals surface area (Å²) in [6.07, 6.45) is 4.06. The fourth-order valence-electron chi connectivity index (χ4n) is 3.52. The van der Waals surface area contributed by atoms with Crippen LogP contribution in [0, 0.1) is 25.7 Å². The van der Waals surface area contributed by atoms with E-state index in [1.807, 2.05) is 0 Å². The normalized spacial score (nSPS) is 21.3. The van der Waals surface area contributed by atoms with Gasteiger partial charge in [0.05, 0.1) is 7.11 Å². The molecule has 1 aliphatic heterocycles. The Balaban J connectivity index is 2.06. The van der Waals surface area contributed by atoms with Crippen molar-refractivity contribution in [3.05, 3.63) is 28.8 Å². The molecule has 21 heavy (non-hydrogen) atoms. The predicted molar refractivity (Wildman–Crippen MR) is 89.9 cm³/mol. The van der Waals surface area contributed by atoms with Crippen LogP contribution in [-0.2, 0) is 6.54 Å². The van der Waals surface area contributed by atoms with Gasteiger partial charge in [-0.25, -0.2) is 0 Å². The number of likely N-dealkylation sites (tertiary alicyclic amines) is 1. The van der Waals surface area contributed by atoms with Gasteiger partial charge in [-0.2, -0.15) is 0 Å². The molecule has 0 aromatic heterocycles. The second kappa shape index (κ2) is 7.31. The molecule has 1 aromatic carbocycles. The maximum Gasteiger partial charge on any atom is 0.122 e. The largest absolute Gasteiger partial charge is 0.496 e. The summed E-state index contributed by atoms with van der Waals surface area (Å²) >= 11 is 0. The smallest absolute Gasteiger partial charge is 0.122 e. The van der Waals surface area contributed by atoms with Crippen molar-refractivity contribution in [2.45, 2.75) is 53.5 Å². The summed E-state index contributed by atoms with van der Waals surface area (Å²) in [6, 6.07) is 4.36. The van der Waals surface area contributed by atoms with E-state index in [1.54, 1.807) is 7.11 Å². The third kappa shape index (κ3) is 3.79. The highest BCUT2D eigenvalue weighted by Gasteiger charge is 2.24. The van der Waals surface area contributed by atoms with E-state index in [0.717, 1.165) is 24.1 Å². The van der Waals surface area contributed by atoms with Gasteiger partial charge in [-0.15, -0.1) is 0 Å². The predicted octanol–water partition coefficient (Wildman–Crippen LogP) is 4.57. The van der Waals surface area contributed by atoms with Gasteiger partial charge in [-0.05, 0) is 67.8 Å². The molecule has 0 bridgehead atoms. The highest BCUT2D eigenvalue weighted by atomic mass is 16.5. The molecule has 1 unspecified atom stereocenters. The number of benzene rings is 1. The summed E-state index contributed by atoms with van der Waals surface area (Å²) in [4.78, 5) is 2.65. The molecule has 1 heterocycles. The number of hydrogen-bond acceptors (Lipinski definition) is 2. The maximum atomic E-state index is 5.42. The molecule has 1 aliphatic rings. The van der Waals surface area contributed by atoms with E-state index < -0.39 is 0 Å². The van der Waals surface area contributed by atoms with Crippen molar-refractivity contribution in [2.75, 3.05) is 20.2 Å². The zero-order chi connectivity index (χ0) is 15.4. The van der Waals surface area contributed by atoms with Crippen LogP contribution in [0.5, 0.6) is 5.75 Å². The molecule has 1 aromatic rings. The topological polar surface area (TPSA) is 12.5 Å². The second-order valence-corrected chi connectivity index (χ2v) is 6.70. The van der Waals surface area contributed by atoms with Gasteiger partial charge in [0.2, 0.25) is 0 Å². The SMILES string of the molecule is CC[C@@H](C)C1CCCN(Cc2ccc(OC)c(C)c2C)C1. The van der Waals surface area contributed by atoms with Gasteiger partial charge in [0.25, 0.3) is 0 Å². The van der Waals surface area contributed by atoms with Gasteiger partial charge < -0.3 is 4.74 Å². The number of rotatable bonds is 5. The lowest BCUT2D eigenvalue weighted by Gasteiger charge is -2.36. The first kappa shape index (κ1) is 16.4. The molecule has 1 saturated heterocycles. The fraction of sp³-hybridized carbons (Fsp3) is 0.684. The summed E-state index contributed by atoms with van der Waals surface area (Å²) in [5.74, 6) is 2.74. The van der Waals surface area contributed by atoms with Crippen molar-refractivity contribution >= 4 is 0 Å². The van der Waals surface area contributed by atoms with Crippen LogP contribution in [0.3, 0.4) is 0 Å². The third-order valence-corrected chi connectivity index (χ3v) is 5.45. The molecule has 0 aliphatic carbocycles. The average molecular weight is 289 g/mol. The van der Waals surface area contributed by atoms with E-state index in [0.29, 0.717) is 0 Å². The van der Waals surface area contributed by atoms with E-state index in [4.69, 9.17) is 4.74 Å². The van der Waals surface area contributed by atoms with E-state index in [2.05, 4.69) is 44.7 Å². The first-order valence-electron chi connectivity index (χ1n) is 8.42. The standard InChI is InChI=1S/C19H31NO/c1-6-14(2)17-8-7-11-20(12-17)13-18-9-10-19(21-5)16(4)15(18)3/h9-10,14,17H,6-8,11-13H2,1-5H3/t14-,17?/m1/s1. The lowest BCUT2D eigenvalue weighted by atomic mass is 9.85. The lowest BCUT2D eigenvalue weighted by molar-refractivity contribution is 0.132.